The summed E-state index contributed by atoms with van der Waals surface area (Å²) >= 11 is 0. The number of hydrogen-bond donors (Lipinski definition) is 2. The number of nitrogens with zero attached hydrogens (tertiary/aromatic N) is 2. The molecule has 0 aliphatic carbocycles. The van der Waals surface area contributed by atoms with Gasteiger partial charge in [0.05, 0.1) is 6.61 Å². The normalized spacial score (nSPS) is 10.2. The Kier molecular flexibility index (Phi) is 6.14. The van der Waals surface area contributed by atoms with E-state index in [1.54, 1.807) is 23.2 Å². The minimum absolute atomic E-state index is 0.0222. The molecule has 1 aromatic rings. The summed E-state index contributed by atoms with van der Waals surface area (Å²) in [4.78, 5) is 17.9. The second-order valence-corrected chi connectivity index (χ2v) is 3.96. The van der Waals surface area contributed by atoms with Crippen molar-refractivity contribution in [1.82, 2.24) is 9.88 Å². The zero-order valence-corrected chi connectivity index (χ0v) is 11.0. The number of hydrogen-bond acceptors (Lipinski definition) is 4. The Balaban J connectivity index is 2.78. The van der Waals surface area contributed by atoms with E-state index >= 15 is 0 Å². The maximum Gasteiger partial charge on any atom is 0.254 e. The van der Waals surface area contributed by atoms with Crippen LogP contribution in [0.15, 0.2) is 18.3 Å². The first-order chi connectivity index (χ1) is 8.72. The Labute approximate surface area is 108 Å². The number of amides is 1. The summed E-state index contributed by atoms with van der Waals surface area (Å²) in [5, 5.41) is 12.1. The fourth-order valence-electron chi connectivity index (χ4n) is 1.62. The number of aromatic nitrogens is 1. The van der Waals surface area contributed by atoms with Crippen molar-refractivity contribution >= 4 is 11.7 Å². The van der Waals surface area contributed by atoms with Crippen LogP contribution in [0.25, 0.3) is 0 Å². The van der Waals surface area contributed by atoms with Crippen LogP contribution in [0.4, 0.5) is 5.82 Å². The Morgan fingerprint density at radius 1 is 1.50 bits per heavy atom. The van der Waals surface area contributed by atoms with Crippen molar-refractivity contribution < 1.29 is 9.90 Å². The molecule has 0 aliphatic rings. The highest BCUT2D eigenvalue weighted by Gasteiger charge is 2.13. The quantitative estimate of drug-likeness (QED) is 0.768. The van der Waals surface area contributed by atoms with Gasteiger partial charge in [0.25, 0.3) is 5.91 Å². The number of anilines is 1. The monoisotopic (exact) mass is 251 g/mol. The Hall–Kier alpha value is -1.62. The number of carbonyl (C=O) groups is 1. The van der Waals surface area contributed by atoms with Crippen molar-refractivity contribution in [3.63, 3.8) is 0 Å². The van der Waals surface area contributed by atoms with E-state index in [9.17, 15) is 4.79 Å². The van der Waals surface area contributed by atoms with Crippen LogP contribution in [-0.2, 0) is 0 Å². The lowest BCUT2D eigenvalue weighted by Crippen LogP contribution is -2.33. The predicted octanol–water partition coefficient (Wildman–Crippen LogP) is 1.36. The van der Waals surface area contributed by atoms with Crippen LogP contribution in [0.1, 0.15) is 30.6 Å². The lowest BCUT2D eigenvalue weighted by atomic mass is 10.2. The number of rotatable bonds is 7. The van der Waals surface area contributed by atoms with Gasteiger partial charge in [-0.3, -0.25) is 4.79 Å². The summed E-state index contributed by atoms with van der Waals surface area (Å²) < 4.78 is 0. The molecule has 0 fully saturated rings. The first kappa shape index (κ1) is 14.4. The molecule has 100 valence electrons. The average Bonchev–Trinajstić information content (AvgIpc) is 2.42. The number of aliphatic hydroxyl groups excluding tert-OH is 1. The van der Waals surface area contributed by atoms with Crippen molar-refractivity contribution in [3.05, 3.63) is 23.9 Å². The minimum atomic E-state index is -0.0755. The first-order valence-electron chi connectivity index (χ1n) is 6.33. The highest BCUT2D eigenvalue weighted by Crippen LogP contribution is 2.09. The highest BCUT2D eigenvalue weighted by atomic mass is 16.3. The van der Waals surface area contributed by atoms with E-state index in [-0.39, 0.29) is 12.5 Å². The van der Waals surface area contributed by atoms with Crippen molar-refractivity contribution in [2.45, 2.75) is 20.3 Å². The molecule has 18 heavy (non-hydrogen) atoms. The Morgan fingerprint density at radius 3 is 2.89 bits per heavy atom. The van der Waals surface area contributed by atoms with E-state index in [0.29, 0.717) is 24.5 Å². The van der Waals surface area contributed by atoms with Crippen molar-refractivity contribution in [2.75, 3.05) is 31.6 Å². The van der Waals surface area contributed by atoms with Crippen LogP contribution in [0.5, 0.6) is 0 Å². The van der Waals surface area contributed by atoms with E-state index in [4.69, 9.17) is 5.11 Å². The molecule has 0 aliphatic heterocycles. The number of nitrogens with one attached hydrogen (secondary N) is 1. The lowest BCUT2D eigenvalue weighted by Gasteiger charge is -2.19. The Morgan fingerprint density at radius 2 is 2.28 bits per heavy atom. The number of carbonyl (C=O) groups excluding carboxylic acids is 1. The van der Waals surface area contributed by atoms with Gasteiger partial charge in [-0.05, 0) is 25.5 Å². The van der Waals surface area contributed by atoms with Crippen molar-refractivity contribution in [2.24, 2.45) is 0 Å². The fraction of sp³-hybridized carbons (Fsp3) is 0.538. The summed E-state index contributed by atoms with van der Waals surface area (Å²) in [6.07, 6.45) is 2.63. The van der Waals surface area contributed by atoms with Crippen LogP contribution in [0.3, 0.4) is 0 Å². The van der Waals surface area contributed by atoms with Crippen molar-refractivity contribution in [1.29, 1.82) is 0 Å². The van der Waals surface area contributed by atoms with E-state index in [1.807, 2.05) is 6.92 Å². The number of aliphatic hydroxyl groups is 1. The second-order valence-electron chi connectivity index (χ2n) is 3.96. The Bertz CT molecular complexity index is 382. The molecule has 0 unspecified atom stereocenters. The van der Waals surface area contributed by atoms with Gasteiger partial charge in [0.1, 0.15) is 5.82 Å². The molecule has 1 amide bonds. The minimum Gasteiger partial charge on any atom is -0.395 e. The van der Waals surface area contributed by atoms with Crippen LogP contribution in [0.2, 0.25) is 0 Å². The zero-order valence-electron chi connectivity index (χ0n) is 11.0. The fourth-order valence-corrected chi connectivity index (χ4v) is 1.62. The molecule has 5 nitrogen and oxygen atoms in total. The molecule has 1 rings (SSSR count). The molecule has 1 heterocycles. The molecule has 0 aromatic carbocycles. The summed E-state index contributed by atoms with van der Waals surface area (Å²) in [5.74, 6) is 0.635. The van der Waals surface area contributed by atoms with Gasteiger partial charge in [0, 0.05) is 31.4 Å². The van der Waals surface area contributed by atoms with Gasteiger partial charge in [0.2, 0.25) is 0 Å². The molecular weight excluding hydrogens is 230 g/mol. The van der Waals surface area contributed by atoms with E-state index in [1.165, 1.54) is 0 Å². The summed E-state index contributed by atoms with van der Waals surface area (Å²) in [6, 6.07) is 3.44. The van der Waals surface area contributed by atoms with E-state index in [0.717, 1.165) is 13.0 Å². The maximum atomic E-state index is 12.2. The second kappa shape index (κ2) is 7.66. The molecule has 0 atom stereocenters. The smallest absolute Gasteiger partial charge is 0.254 e. The van der Waals surface area contributed by atoms with Gasteiger partial charge < -0.3 is 15.3 Å². The molecule has 1 aromatic heterocycles. The van der Waals surface area contributed by atoms with Gasteiger partial charge in [0.15, 0.2) is 0 Å². The van der Waals surface area contributed by atoms with Gasteiger partial charge >= 0.3 is 0 Å². The van der Waals surface area contributed by atoms with Gasteiger partial charge in [-0.15, -0.1) is 0 Å². The van der Waals surface area contributed by atoms with E-state index in [2.05, 4.69) is 17.2 Å². The lowest BCUT2D eigenvalue weighted by molar-refractivity contribution is 0.0732. The first-order valence-corrected chi connectivity index (χ1v) is 6.33. The standard InChI is InChI=1S/C13H21N3O2/c1-3-6-14-12-10-11(5-7-15-12)13(18)16(4-2)8-9-17/h5,7,10,17H,3-4,6,8-9H2,1-2H3,(H,14,15). The largest absolute Gasteiger partial charge is 0.395 e. The molecule has 0 saturated heterocycles. The van der Waals surface area contributed by atoms with Gasteiger partial charge in [-0.2, -0.15) is 0 Å². The molecule has 0 bridgehead atoms. The summed E-state index contributed by atoms with van der Waals surface area (Å²) in [6.45, 7) is 5.71. The van der Waals surface area contributed by atoms with Crippen LogP contribution >= 0.6 is 0 Å². The maximum absolute atomic E-state index is 12.2. The van der Waals surface area contributed by atoms with Gasteiger partial charge in [-0.25, -0.2) is 4.98 Å². The average molecular weight is 251 g/mol. The van der Waals surface area contributed by atoms with Gasteiger partial charge in [-0.1, -0.05) is 6.92 Å². The third-order valence-electron chi connectivity index (χ3n) is 2.60. The summed E-state index contributed by atoms with van der Waals surface area (Å²) in [7, 11) is 0. The van der Waals surface area contributed by atoms with Crippen LogP contribution in [0, 0.1) is 0 Å². The molecule has 0 saturated carbocycles. The SMILES string of the molecule is CCCNc1cc(C(=O)N(CC)CCO)ccn1. The zero-order chi connectivity index (χ0) is 13.4. The third-order valence-corrected chi connectivity index (χ3v) is 2.60. The van der Waals surface area contributed by atoms with Crippen molar-refractivity contribution in [3.8, 4) is 0 Å². The van der Waals surface area contributed by atoms with Crippen LogP contribution in [-0.4, -0.2) is 47.1 Å². The molecule has 2 N–H and O–H groups in total. The third kappa shape index (κ3) is 4.00. The number of likely N-dealkylation sites (N-methyl/N-ethyl adjacent to an activating group) is 1. The molecule has 5 heteroatoms. The number of pyridine rings is 1. The topological polar surface area (TPSA) is 65.5 Å². The molecule has 0 radical (unpaired) electrons. The highest BCUT2D eigenvalue weighted by molar-refractivity contribution is 5.94. The molecule has 0 spiro atoms. The predicted molar refractivity (Wildman–Crippen MR) is 71.7 cm³/mol. The van der Waals surface area contributed by atoms with Crippen LogP contribution < -0.4 is 5.32 Å². The molecular formula is C13H21N3O2. The summed E-state index contributed by atoms with van der Waals surface area (Å²) in [5.41, 5.74) is 0.596. The van der Waals surface area contributed by atoms with E-state index < -0.39 is 0 Å².